The van der Waals surface area contributed by atoms with Gasteiger partial charge in [-0.25, -0.2) is 9.97 Å². The van der Waals surface area contributed by atoms with Gasteiger partial charge in [-0.2, -0.15) is 0 Å². The molecule has 100 valence electrons. The van der Waals surface area contributed by atoms with E-state index in [1.54, 1.807) is 0 Å². The fraction of sp³-hybridized carbons (Fsp3) is 0.133. The van der Waals surface area contributed by atoms with E-state index in [-0.39, 0.29) is 0 Å². The molecule has 1 aromatic carbocycles. The van der Waals surface area contributed by atoms with Crippen molar-refractivity contribution < 1.29 is 0 Å². The fourth-order valence-electron chi connectivity index (χ4n) is 2.05. The monoisotopic (exact) mass is 376 g/mol. The molecule has 0 spiro atoms. The number of hydrogen-bond acceptors (Lipinski definition) is 4. The maximum absolute atomic E-state index is 4.54. The van der Waals surface area contributed by atoms with Gasteiger partial charge in [0, 0.05) is 29.9 Å². The van der Waals surface area contributed by atoms with Crippen molar-refractivity contribution in [1.82, 2.24) is 15.0 Å². The van der Waals surface area contributed by atoms with Gasteiger partial charge in [0.15, 0.2) is 5.82 Å². The highest BCUT2D eigenvalue weighted by atomic mass is 127. The predicted molar refractivity (Wildman–Crippen MR) is 89.8 cm³/mol. The van der Waals surface area contributed by atoms with Crippen molar-refractivity contribution in [3.05, 3.63) is 45.8 Å². The minimum Gasteiger partial charge on any atom is -0.372 e. The molecule has 1 N–H and O–H groups in total. The number of aromatic nitrogens is 3. The highest BCUT2D eigenvalue weighted by Gasteiger charge is 2.07. The standard InChI is InChI=1S/C15H13IN4/c1-9-3-4-10-7-11(5-6-13(10)19-9)14-18-8-12(16)15(17-2)20-14/h3-8H,1-2H3,(H,17,18,20). The van der Waals surface area contributed by atoms with Crippen LogP contribution in [-0.2, 0) is 0 Å². The first-order valence-corrected chi connectivity index (χ1v) is 7.33. The number of hydrogen-bond donors (Lipinski definition) is 1. The van der Waals surface area contributed by atoms with Gasteiger partial charge < -0.3 is 5.32 Å². The minimum absolute atomic E-state index is 0.720. The fourth-order valence-corrected chi connectivity index (χ4v) is 2.58. The molecule has 2 heterocycles. The van der Waals surface area contributed by atoms with Crippen LogP contribution in [-0.4, -0.2) is 22.0 Å². The van der Waals surface area contributed by atoms with Crippen LogP contribution in [0.5, 0.6) is 0 Å². The van der Waals surface area contributed by atoms with Crippen molar-refractivity contribution in [2.24, 2.45) is 0 Å². The highest BCUT2D eigenvalue weighted by Crippen LogP contribution is 2.23. The van der Waals surface area contributed by atoms with E-state index in [1.807, 2.05) is 38.4 Å². The second kappa shape index (κ2) is 5.32. The first-order valence-electron chi connectivity index (χ1n) is 6.25. The number of nitrogens with zero attached hydrogens (tertiary/aromatic N) is 3. The summed E-state index contributed by atoms with van der Waals surface area (Å²) in [4.78, 5) is 13.4. The Balaban J connectivity index is 2.12. The number of aryl methyl sites for hydroxylation is 1. The molecule has 3 rings (SSSR count). The van der Waals surface area contributed by atoms with E-state index >= 15 is 0 Å². The van der Waals surface area contributed by atoms with Crippen LogP contribution in [0, 0.1) is 10.5 Å². The Morgan fingerprint density at radius 3 is 2.75 bits per heavy atom. The predicted octanol–water partition coefficient (Wildman–Crippen LogP) is 3.65. The van der Waals surface area contributed by atoms with Crippen LogP contribution in [0.25, 0.3) is 22.3 Å². The van der Waals surface area contributed by atoms with E-state index in [1.165, 1.54) is 0 Å². The van der Waals surface area contributed by atoms with Crippen molar-refractivity contribution in [2.75, 3.05) is 12.4 Å². The van der Waals surface area contributed by atoms with E-state index in [4.69, 9.17) is 0 Å². The number of benzene rings is 1. The summed E-state index contributed by atoms with van der Waals surface area (Å²) < 4.78 is 1.01. The van der Waals surface area contributed by atoms with E-state index in [0.29, 0.717) is 0 Å². The lowest BCUT2D eigenvalue weighted by Gasteiger charge is -2.06. The van der Waals surface area contributed by atoms with Crippen LogP contribution in [0.1, 0.15) is 5.69 Å². The Labute approximate surface area is 130 Å². The van der Waals surface area contributed by atoms with Crippen LogP contribution in [0.15, 0.2) is 36.5 Å². The van der Waals surface area contributed by atoms with Crippen LogP contribution >= 0.6 is 22.6 Å². The number of halogens is 1. The summed E-state index contributed by atoms with van der Waals surface area (Å²) in [6.07, 6.45) is 1.83. The molecule has 0 aliphatic heterocycles. The third-order valence-electron chi connectivity index (χ3n) is 3.07. The second-order valence-corrected chi connectivity index (χ2v) is 5.66. The summed E-state index contributed by atoms with van der Waals surface area (Å²) in [6.45, 7) is 1.99. The minimum atomic E-state index is 0.720. The summed E-state index contributed by atoms with van der Waals surface area (Å²) >= 11 is 2.22. The number of pyridine rings is 1. The molecule has 3 aromatic rings. The zero-order valence-electron chi connectivity index (χ0n) is 11.2. The number of nitrogens with one attached hydrogen (secondary N) is 1. The maximum Gasteiger partial charge on any atom is 0.161 e. The third-order valence-corrected chi connectivity index (χ3v) is 3.86. The first-order chi connectivity index (χ1) is 9.67. The Kier molecular flexibility index (Phi) is 3.52. The maximum atomic E-state index is 4.54. The molecule has 0 aliphatic rings. The Hall–Kier alpha value is -1.76. The van der Waals surface area contributed by atoms with E-state index in [9.17, 15) is 0 Å². The average molecular weight is 376 g/mol. The summed E-state index contributed by atoms with van der Waals surface area (Å²) in [5.41, 5.74) is 3.01. The molecule has 0 amide bonds. The molecular weight excluding hydrogens is 363 g/mol. The molecule has 20 heavy (non-hydrogen) atoms. The lowest BCUT2D eigenvalue weighted by atomic mass is 10.1. The SMILES string of the molecule is CNc1nc(-c2ccc3nc(C)ccc3c2)ncc1I. The van der Waals surface area contributed by atoms with Gasteiger partial charge in [-0.15, -0.1) is 0 Å². The molecular formula is C15H13IN4. The van der Waals surface area contributed by atoms with Gasteiger partial charge in [0.25, 0.3) is 0 Å². The number of rotatable bonds is 2. The molecule has 5 heteroatoms. The zero-order chi connectivity index (χ0) is 14.1. The Morgan fingerprint density at radius 1 is 1.10 bits per heavy atom. The third kappa shape index (κ3) is 2.45. The highest BCUT2D eigenvalue weighted by molar-refractivity contribution is 14.1. The zero-order valence-corrected chi connectivity index (χ0v) is 13.3. The number of fused-ring (bicyclic) bond motifs is 1. The molecule has 0 atom stereocenters. The molecule has 0 unspecified atom stereocenters. The van der Waals surface area contributed by atoms with Gasteiger partial charge >= 0.3 is 0 Å². The van der Waals surface area contributed by atoms with Gasteiger partial charge in [-0.05, 0) is 53.8 Å². The van der Waals surface area contributed by atoms with Crippen LogP contribution in [0.3, 0.4) is 0 Å². The van der Waals surface area contributed by atoms with Crippen molar-refractivity contribution >= 4 is 39.3 Å². The topological polar surface area (TPSA) is 50.7 Å². The van der Waals surface area contributed by atoms with E-state index in [2.05, 4.69) is 55.0 Å². The second-order valence-electron chi connectivity index (χ2n) is 4.50. The lowest BCUT2D eigenvalue weighted by Crippen LogP contribution is -1.99. The smallest absolute Gasteiger partial charge is 0.161 e. The summed E-state index contributed by atoms with van der Waals surface area (Å²) in [6, 6.07) is 10.2. The Morgan fingerprint density at radius 2 is 1.95 bits per heavy atom. The molecule has 0 saturated heterocycles. The lowest BCUT2D eigenvalue weighted by molar-refractivity contribution is 1.15. The molecule has 0 bridgehead atoms. The van der Waals surface area contributed by atoms with Crippen LogP contribution in [0.2, 0.25) is 0 Å². The van der Waals surface area contributed by atoms with E-state index in [0.717, 1.165) is 37.4 Å². The quantitative estimate of drug-likeness (QED) is 0.694. The molecule has 4 nitrogen and oxygen atoms in total. The van der Waals surface area contributed by atoms with Gasteiger partial charge in [-0.3, -0.25) is 4.98 Å². The van der Waals surface area contributed by atoms with E-state index < -0.39 is 0 Å². The number of anilines is 1. The van der Waals surface area contributed by atoms with Gasteiger partial charge in [-0.1, -0.05) is 6.07 Å². The molecule has 2 aromatic heterocycles. The summed E-state index contributed by atoms with van der Waals surface area (Å²) in [7, 11) is 1.86. The first kappa shape index (κ1) is 13.2. The van der Waals surface area contributed by atoms with Crippen molar-refractivity contribution in [2.45, 2.75) is 6.92 Å². The molecule has 0 aliphatic carbocycles. The Bertz CT molecular complexity index is 786. The average Bonchev–Trinajstić information content (AvgIpc) is 2.47. The normalized spacial score (nSPS) is 10.8. The van der Waals surface area contributed by atoms with Gasteiger partial charge in [0.2, 0.25) is 0 Å². The van der Waals surface area contributed by atoms with Crippen molar-refractivity contribution in [3.63, 3.8) is 0 Å². The van der Waals surface area contributed by atoms with Crippen molar-refractivity contribution in [3.8, 4) is 11.4 Å². The molecule has 0 saturated carbocycles. The van der Waals surface area contributed by atoms with Crippen LogP contribution < -0.4 is 5.32 Å². The molecule has 0 radical (unpaired) electrons. The van der Waals surface area contributed by atoms with Crippen molar-refractivity contribution in [1.29, 1.82) is 0 Å². The van der Waals surface area contributed by atoms with Gasteiger partial charge in [0.1, 0.15) is 5.82 Å². The van der Waals surface area contributed by atoms with Crippen LogP contribution in [0.4, 0.5) is 5.82 Å². The summed E-state index contributed by atoms with van der Waals surface area (Å²) in [5.74, 6) is 1.56. The largest absolute Gasteiger partial charge is 0.372 e. The summed E-state index contributed by atoms with van der Waals surface area (Å²) in [5, 5.41) is 4.18. The van der Waals surface area contributed by atoms with Gasteiger partial charge in [0.05, 0.1) is 9.09 Å². The molecule has 0 fully saturated rings.